The standard InChI is InChI=1S/C15H15N5O4S/c1-3-20-12(8-9-16-20)13(21)17-15-19-18-14(24-15)10-4-6-11(7-5-10)25(2,22)23/h4-9H,3H2,1-2H3,(H,17,19,21). The Morgan fingerprint density at radius 3 is 2.56 bits per heavy atom. The average molecular weight is 361 g/mol. The second kappa shape index (κ2) is 6.48. The number of carbonyl (C=O) groups excluding carboxylic acids is 1. The molecule has 0 aliphatic heterocycles. The Kier molecular flexibility index (Phi) is 4.36. The van der Waals surface area contributed by atoms with E-state index in [4.69, 9.17) is 4.42 Å². The first-order chi connectivity index (χ1) is 11.9. The summed E-state index contributed by atoms with van der Waals surface area (Å²) in [6.07, 6.45) is 2.66. The normalized spacial score (nSPS) is 11.4. The van der Waals surface area contributed by atoms with Crippen LogP contribution in [0.4, 0.5) is 6.01 Å². The number of anilines is 1. The van der Waals surface area contributed by atoms with Crippen LogP contribution in [-0.2, 0) is 16.4 Å². The first-order valence-corrected chi connectivity index (χ1v) is 9.25. The lowest BCUT2D eigenvalue weighted by molar-refractivity contribution is 0.101. The molecule has 0 unspecified atom stereocenters. The zero-order valence-corrected chi connectivity index (χ0v) is 14.3. The van der Waals surface area contributed by atoms with Crippen molar-refractivity contribution in [1.29, 1.82) is 0 Å². The predicted octanol–water partition coefficient (Wildman–Crippen LogP) is 1.61. The molecule has 0 saturated heterocycles. The molecule has 0 aliphatic carbocycles. The van der Waals surface area contributed by atoms with E-state index in [-0.39, 0.29) is 16.8 Å². The minimum atomic E-state index is -3.28. The number of nitrogens with zero attached hydrogens (tertiary/aromatic N) is 4. The number of aryl methyl sites for hydroxylation is 1. The third kappa shape index (κ3) is 3.58. The number of nitrogens with one attached hydrogen (secondary N) is 1. The van der Waals surface area contributed by atoms with E-state index in [0.29, 0.717) is 17.8 Å². The molecule has 0 spiro atoms. The van der Waals surface area contributed by atoms with Gasteiger partial charge in [0.1, 0.15) is 5.69 Å². The van der Waals surface area contributed by atoms with Gasteiger partial charge >= 0.3 is 6.01 Å². The molecule has 3 aromatic rings. The van der Waals surface area contributed by atoms with Gasteiger partial charge in [-0.1, -0.05) is 5.10 Å². The van der Waals surface area contributed by atoms with Crippen LogP contribution in [-0.4, -0.2) is 40.6 Å². The second-order valence-corrected chi connectivity index (χ2v) is 7.21. The highest BCUT2D eigenvalue weighted by Gasteiger charge is 2.16. The Bertz CT molecular complexity index is 1000. The molecule has 3 rings (SSSR count). The SMILES string of the molecule is CCn1nccc1C(=O)Nc1nnc(-c2ccc(S(C)(=O)=O)cc2)o1. The fourth-order valence-corrected chi connectivity index (χ4v) is 2.80. The van der Waals surface area contributed by atoms with E-state index in [1.807, 2.05) is 6.92 Å². The van der Waals surface area contributed by atoms with E-state index in [1.54, 1.807) is 18.2 Å². The van der Waals surface area contributed by atoms with Gasteiger partial charge in [-0.2, -0.15) is 5.10 Å². The van der Waals surface area contributed by atoms with E-state index in [0.717, 1.165) is 6.26 Å². The lowest BCUT2D eigenvalue weighted by Crippen LogP contribution is -2.17. The van der Waals surface area contributed by atoms with Gasteiger partial charge in [-0.15, -0.1) is 5.10 Å². The maximum Gasteiger partial charge on any atom is 0.322 e. The van der Waals surface area contributed by atoms with Crippen LogP contribution in [0.5, 0.6) is 0 Å². The monoisotopic (exact) mass is 361 g/mol. The zero-order chi connectivity index (χ0) is 18.0. The van der Waals surface area contributed by atoms with Gasteiger partial charge in [0, 0.05) is 24.6 Å². The van der Waals surface area contributed by atoms with Gasteiger partial charge < -0.3 is 4.42 Å². The van der Waals surface area contributed by atoms with Crippen LogP contribution in [0, 0.1) is 0 Å². The van der Waals surface area contributed by atoms with Crippen LogP contribution in [0.15, 0.2) is 45.8 Å². The zero-order valence-electron chi connectivity index (χ0n) is 13.5. The van der Waals surface area contributed by atoms with Gasteiger partial charge in [-0.3, -0.25) is 14.8 Å². The third-order valence-corrected chi connectivity index (χ3v) is 4.55. The molecule has 130 valence electrons. The number of aromatic nitrogens is 4. The van der Waals surface area contributed by atoms with Gasteiger partial charge in [0.05, 0.1) is 4.90 Å². The van der Waals surface area contributed by atoms with Crippen LogP contribution >= 0.6 is 0 Å². The van der Waals surface area contributed by atoms with Crippen molar-refractivity contribution >= 4 is 21.8 Å². The number of hydrogen-bond donors (Lipinski definition) is 1. The van der Waals surface area contributed by atoms with Crippen LogP contribution < -0.4 is 5.32 Å². The smallest absolute Gasteiger partial charge is 0.322 e. The van der Waals surface area contributed by atoms with Crippen LogP contribution in [0.3, 0.4) is 0 Å². The Hall–Kier alpha value is -3.01. The summed E-state index contributed by atoms with van der Waals surface area (Å²) in [5, 5.41) is 14.2. The molecule has 25 heavy (non-hydrogen) atoms. The van der Waals surface area contributed by atoms with Crippen molar-refractivity contribution in [3.63, 3.8) is 0 Å². The molecule has 10 heteroatoms. The van der Waals surface area contributed by atoms with Crippen LogP contribution in [0.1, 0.15) is 17.4 Å². The van der Waals surface area contributed by atoms with Gasteiger partial charge in [0.15, 0.2) is 9.84 Å². The van der Waals surface area contributed by atoms with Gasteiger partial charge in [0.2, 0.25) is 5.89 Å². The van der Waals surface area contributed by atoms with Crippen LogP contribution in [0.2, 0.25) is 0 Å². The third-order valence-electron chi connectivity index (χ3n) is 3.42. The van der Waals surface area contributed by atoms with E-state index >= 15 is 0 Å². The fourth-order valence-electron chi connectivity index (χ4n) is 2.17. The lowest BCUT2D eigenvalue weighted by Gasteiger charge is -2.03. The summed E-state index contributed by atoms with van der Waals surface area (Å²) < 4.78 is 29.9. The summed E-state index contributed by atoms with van der Waals surface area (Å²) in [4.78, 5) is 12.4. The Morgan fingerprint density at radius 1 is 1.20 bits per heavy atom. The number of hydrogen-bond acceptors (Lipinski definition) is 7. The van der Waals surface area contributed by atoms with E-state index in [9.17, 15) is 13.2 Å². The van der Waals surface area contributed by atoms with Gasteiger partial charge in [-0.05, 0) is 37.3 Å². The Morgan fingerprint density at radius 2 is 1.92 bits per heavy atom. The minimum absolute atomic E-state index is 0.0592. The van der Waals surface area contributed by atoms with Crippen molar-refractivity contribution in [2.24, 2.45) is 0 Å². The highest BCUT2D eigenvalue weighted by atomic mass is 32.2. The molecule has 2 heterocycles. The largest absolute Gasteiger partial charge is 0.403 e. The fraction of sp³-hybridized carbons (Fsp3) is 0.200. The van der Waals surface area contributed by atoms with Crippen molar-refractivity contribution in [2.75, 3.05) is 11.6 Å². The quantitative estimate of drug-likeness (QED) is 0.733. The summed E-state index contributed by atoms with van der Waals surface area (Å²) in [5.74, 6) is -0.249. The predicted molar refractivity (Wildman–Crippen MR) is 88.7 cm³/mol. The summed E-state index contributed by atoms with van der Waals surface area (Å²) in [7, 11) is -3.28. The van der Waals surface area contributed by atoms with E-state index in [2.05, 4.69) is 20.6 Å². The van der Waals surface area contributed by atoms with Gasteiger partial charge in [0.25, 0.3) is 5.91 Å². The lowest BCUT2D eigenvalue weighted by atomic mass is 10.2. The summed E-state index contributed by atoms with van der Waals surface area (Å²) in [5.41, 5.74) is 0.916. The molecule has 0 saturated carbocycles. The number of carbonyl (C=O) groups is 1. The molecule has 1 N–H and O–H groups in total. The number of benzene rings is 1. The molecule has 0 atom stereocenters. The number of rotatable bonds is 5. The van der Waals surface area contributed by atoms with Gasteiger partial charge in [-0.25, -0.2) is 8.42 Å². The first-order valence-electron chi connectivity index (χ1n) is 7.35. The number of amides is 1. The molecule has 0 radical (unpaired) electrons. The molecule has 1 amide bonds. The maximum atomic E-state index is 12.2. The van der Waals surface area contributed by atoms with Crippen molar-refractivity contribution < 1.29 is 17.6 Å². The molecule has 2 aromatic heterocycles. The number of sulfone groups is 1. The van der Waals surface area contributed by atoms with E-state index < -0.39 is 15.7 Å². The summed E-state index contributed by atoms with van der Waals surface area (Å²) in [6.45, 7) is 2.42. The highest BCUT2D eigenvalue weighted by Crippen LogP contribution is 2.22. The van der Waals surface area contributed by atoms with E-state index in [1.165, 1.54) is 23.0 Å². The second-order valence-electron chi connectivity index (χ2n) is 5.20. The molecule has 0 bridgehead atoms. The highest BCUT2D eigenvalue weighted by molar-refractivity contribution is 7.90. The topological polar surface area (TPSA) is 120 Å². The van der Waals surface area contributed by atoms with Crippen molar-refractivity contribution in [3.8, 4) is 11.5 Å². The molecule has 0 fully saturated rings. The Balaban J connectivity index is 1.77. The maximum absolute atomic E-state index is 12.2. The van der Waals surface area contributed by atoms with Crippen molar-refractivity contribution in [2.45, 2.75) is 18.4 Å². The first kappa shape index (κ1) is 16.8. The van der Waals surface area contributed by atoms with Crippen LogP contribution in [0.25, 0.3) is 11.5 Å². The van der Waals surface area contributed by atoms with Crippen molar-refractivity contribution in [3.05, 3.63) is 42.2 Å². The summed E-state index contributed by atoms with van der Waals surface area (Å²) >= 11 is 0. The average Bonchev–Trinajstić information content (AvgIpc) is 3.23. The molecule has 9 nitrogen and oxygen atoms in total. The Labute approximate surface area is 143 Å². The molecular formula is C15H15N5O4S. The van der Waals surface area contributed by atoms with Crippen molar-refractivity contribution in [1.82, 2.24) is 20.0 Å². The summed E-state index contributed by atoms with van der Waals surface area (Å²) in [6, 6.07) is 7.54. The molecule has 0 aliphatic rings. The minimum Gasteiger partial charge on any atom is -0.403 e. The molecule has 1 aromatic carbocycles. The molecular weight excluding hydrogens is 346 g/mol.